The maximum Gasteiger partial charge on any atom is 0.227 e. The summed E-state index contributed by atoms with van der Waals surface area (Å²) in [7, 11) is 0. The van der Waals surface area contributed by atoms with E-state index in [1.807, 2.05) is 83.7 Å². The quantitative estimate of drug-likeness (QED) is 0.377. The topological polar surface area (TPSA) is 72.8 Å². The maximum atomic E-state index is 12.2. The second-order valence-corrected chi connectivity index (χ2v) is 8.44. The summed E-state index contributed by atoms with van der Waals surface area (Å²) in [5, 5.41) is 27.6. The summed E-state index contributed by atoms with van der Waals surface area (Å²) in [6, 6.07) is 25.2. The van der Waals surface area contributed by atoms with Crippen LogP contribution in [0.1, 0.15) is 23.1 Å². The van der Waals surface area contributed by atoms with Crippen LogP contribution in [0.2, 0.25) is 0 Å². The molecule has 32 heavy (non-hydrogen) atoms. The van der Waals surface area contributed by atoms with E-state index in [1.54, 1.807) is 12.4 Å². The molecule has 1 fully saturated rings. The summed E-state index contributed by atoms with van der Waals surface area (Å²) >= 11 is 5.61. The van der Waals surface area contributed by atoms with Gasteiger partial charge in [0.25, 0.3) is 0 Å². The molecule has 0 saturated carbocycles. The number of nitrogens with zero attached hydrogens (tertiary/aromatic N) is 3. The van der Waals surface area contributed by atoms with Gasteiger partial charge >= 0.3 is 0 Å². The van der Waals surface area contributed by atoms with Gasteiger partial charge in [-0.1, -0.05) is 60.7 Å². The fraction of sp³-hybridized carbons (Fsp3) is 0.154. The Morgan fingerprint density at radius 1 is 0.969 bits per heavy atom. The van der Waals surface area contributed by atoms with Crippen LogP contribution in [-0.4, -0.2) is 15.1 Å². The highest BCUT2D eigenvalue weighted by Crippen LogP contribution is 2.46. The molecule has 5 rings (SSSR count). The summed E-state index contributed by atoms with van der Waals surface area (Å²) in [6.07, 6.45) is 7.39. The van der Waals surface area contributed by atoms with Crippen molar-refractivity contribution in [1.29, 1.82) is 5.26 Å². The molecule has 0 amide bonds. The number of hydrogen-bond acceptors (Lipinski definition) is 4. The molecule has 4 atom stereocenters. The fourth-order valence-electron chi connectivity index (χ4n) is 4.70. The number of aromatic nitrogens is 2. The molecule has 5 nitrogen and oxygen atoms in total. The third-order valence-corrected chi connectivity index (χ3v) is 6.56. The van der Waals surface area contributed by atoms with Crippen molar-refractivity contribution in [3.8, 4) is 6.07 Å². The Morgan fingerprint density at radius 2 is 1.66 bits per heavy atom. The number of fused-ring (bicyclic) bond motifs is 1. The van der Waals surface area contributed by atoms with E-state index in [9.17, 15) is 10.4 Å². The van der Waals surface area contributed by atoms with Gasteiger partial charge in [0, 0.05) is 29.4 Å². The van der Waals surface area contributed by atoms with Gasteiger partial charge in [-0.15, -0.1) is 0 Å². The second kappa shape index (κ2) is 8.12. The Kier molecular flexibility index (Phi) is 5.14. The Balaban J connectivity index is 1.78. The van der Waals surface area contributed by atoms with Crippen LogP contribution in [0.5, 0.6) is 0 Å². The minimum Gasteiger partial charge on any atom is -0.362 e. The van der Waals surface area contributed by atoms with Gasteiger partial charge in [-0.05, 0) is 29.1 Å². The maximum absolute atomic E-state index is 12.2. The molecular weight excluding hydrogens is 416 g/mol. The largest absolute Gasteiger partial charge is 0.362 e. The lowest BCUT2D eigenvalue weighted by atomic mass is 9.71. The molecule has 2 aromatic carbocycles. The van der Waals surface area contributed by atoms with Gasteiger partial charge in [-0.25, -0.2) is 0 Å². The molecule has 0 aliphatic carbocycles. The zero-order chi connectivity index (χ0) is 22.1. The van der Waals surface area contributed by atoms with Crippen LogP contribution in [0.3, 0.4) is 0 Å². The van der Waals surface area contributed by atoms with E-state index in [-0.39, 0.29) is 0 Å². The number of hydrogen-bond donors (Lipinski definition) is 2. The second-order valence-electron chi connectivity index (χ2n) is 8.00. The van der Waals surface area contributed by atoms with Crippen molar-refractivity contribution < 1.29 is 9.67 Å². The first-order valence-corrected chi connectivity index (χ1v) is 10.8. The van der Waals surface area contributed by atoms with Crippen LogP contribution in [0.4, 0.5) is 0 Å². The predicted molar refractivity (Wildman–Crippen MR) is 125 cm³/mol. The van der Waals surface area contributed by atoms with Gasteiger partial charge in [0.2, 0.25) is 11.8 Å². The van der Waals surface area contributed by atoms with Crippen molar-refractivity contribution in [1.82, 2.24) is 10.3 Å². The fourth-order valence-corrected chi connectivity index (χ4v) is 5.06. The van der Waals surface area contributed by atoms with E-state index >= 15 is 0 Å². The highest BCUT2D eigenvalue weighted by Gasteiger charge is 2.58. The summed E-state index contributed by atoms with van der Waals surface area (Å²) in [5.74, 6) is -1.01. The van der Waals surface area contributed by atoms with Crippen molar-refractivity contribution in [3.63, 3.8) is 0 Å². The summed E-state index contributed by atoms with van der Waals surface area (Å²) in [5.41, 5.74) is 0.0612. The van der Waals surface area contributed by atoms with Gasteiger partial charge in [-0.2, -0.15) is 9.83 Å². The highest BCUT2D eigenvalue weighted by molar-refractivity contribution is 7.80. The summed E-state index contributed by atoms with van der Waals surface area (Å²) in [4.78, 5) is 4.47. The molecule has 1 aliphatic heterocycles. The molecule has 0 unspecified atom stereocenters. The summed E-state index contributed by atoms with van der Waals surface area (Å²) in [6.45, 7) is 0. The third kappa shape index (κ3) is 3.32. The monoisotopic (exact) mass is 437 g/mol. The SMILES string of the molecule is N#C[C@@H]1C(=S)N[C@](O)(c2ccccc2)[C@@H]([n+]2ccc3ccccc3c2)[C@@H]1c1ccncc1. The molecule has 4 aromatic rings. The van der Waals surface area contributed by atoms with Crippen LogP contribution in [0.25, 0.3) is 10.8 Å². The first-order chi connectivity index (χ1) is 15.6. The predicted octanol–water partition coefficient (Wildman–Crippen LogP) is 3.76. The Bertz CT molecular complexity index is 1320. The minimum atomic E-state index is -1.52. The molecule has 3 heterocycles. The van der Waals surface area contributed by atoms with E-state index in [1.165, 1.54) is 0 Å². The lowest BCUT2D eigenvalue weighted by Gasteiger charge is -2.44. The normalized spacial score (nSPS) is 25.1. The molecule has 6 heteroatoms. The van der Waals surface area contributed by atoms with Crippen LogP contribution < -0.4 is 9.88 Å². The number of nitriles is 1. The van der Waals surface area contributed by atoms with Crippen LogP contribution in [0, 0.1) is 17.2 Å². The van der Waals surface area contributed by atoms with Crippen LogP contribution >= 0.6 is 12.2 Å². The molecule has 1 aliphatic rings. The average Bonchev–Trinajstić information content (AvgIpc) is 2.84. The molecule has 0 bridgehead atoms. The van der Waals surface area contributed by atoms with Crippen molar-refractivity contribution in [2.45, 2.75) is 17.7 Å². The molecule has 1 saturated heterocycles. The van der Waals surface area contributed by atoms with Gasteiger partial charge in [0.15, 0.2) is 12.4 Å². The Labute approximate surface area is 191 Å². The summed E-state index contributed by atoms with van der Waals surface area (Å²) < 4.78 is 2.00. The molecule has 2 aromatic heterocycles. The van der Waals surface area contributed by atoms with Crippen LogP contribution in [0.15, 0.2) is 97.6 Å². The van der Waals surface area contributed by atoms with Crippen molar-refractivity contribution in [2.24, 2.45) is 5.92 Å². The molecular formula is C26H21N4OS+. The van der Waals surface area contributed by atoms with Gasteiger partial charge in [0.05, 0.1) is 17.0 Å². The van der Waals surface area contributed by atoms with Crippen LogP contribution in [-0.2, 0) is 5.72 Å². The lowest BCUT2D eigenvalue weighted by Crippen LogP contribution is -2.66. The highest BCUT2D eigenvalue weighted by atomic mass is 32.1. The third-order valence-electron chi connectivity index (χ3n) is 6.20. The zero-order valence-corrected chi connectivity index (χ0v) is 18.0. The smallest absolute Gasteiger partial charge is 0.227 e. The zero-order valence-electron chi connectivity index (χ0n) is 17.2. The van der Waals surface area contributed by atoms with E-state index in [4.69, 9.17) is 12.2 Å². The van der Waals surface area contributed by atoms with E-state index in [2.05, 4.69) is 22.4 Å². The first kappa shape index (κ1) is 20.3. The van der Waals surface area contributed by atoms with E-state index in [0.717, 1.165) is 16.3 Å². The molecule has 0 radical (unpaired) electrons. The number of thiocarbonyl (C=S) groups is 1. The van der Waals surface area contributed by atoms with Gasteiger partial charge in [0.1, 0.15) is 5.92 Å². The number of rotatable bonds is 3. The molecule has 156 valence electrons. The first-order valence-electron chi connectivity index (χ1n) is 10.4. The number of nitrogens with one attached hydrogen (secondary N) is 1. The average molecular weight is 438 g/mol. The lowest BCUT2D eigenvalue weighted by molar-refractivity contribution is -0.744. The Morgan fingerprint density at radius 3 is 2.38 bits per heavy atom. The van der Waals surface area contributed by atoms with Crippen molar-refractivity contribution in [2.75, 3.05) is 0 Å². The van der Waals surface area contributed by atoms with Gasteiger partial charge in [-0.3, -0.25) is 4.98 Å². The Hall–Kier alpha value is -3.66. The van der Waals surface area contributed by atoms with E-state index < -0.39 is 23.6 Å². The standard InChI is InChI=1S/C26H20N4OS/c27-16-22-23(19-10-13-28-14-11-19)24(30-15-12-18-6-4-5-7-20(18)17-30)26(31,29-25(22)32)21-8-2-1-3-9-21/h1-15,17,22-24,31H/p+1/t22-,23+,24-,26-/m0/s1. The molecule has 2 N–H and O–H groups in total. The van der Waals surface area contributed by atoms with Crippen molar-refractivity contribution >= 4 is 28.0 Å². The van der Waals surface area contributed by atoms with Gasteiger partial charge < -0.3 is 10.4 Å². The number of benzene rings is 2. The number of piperidine rings is 1. The van der Waals surface area contributed by atoms with E-state index in [0.29, 0.717) is 10.6 Å². The molecule has 0 spiro atoms. The number of aliphatic hydroxyl groups is 1. The number of pyridine rings is 2. The minimum absolute atomic E-state index is 0.332. The van der Waals surface area contributed by atoms with Crippen molar-refractivity contribution in [3.05, 3.63) is 109 Å².